The summed E-state index contributed by atoms with van der Waals surface area (Å²) < 4.78 is 0. The molecule has 29 heavy (non-hydrogen) atoms. The minimum absolute atomic E-state index is 0.278. The molecule has 1 aromatic heterocycles. The molecule has 1 aliphatic rings. The van der Waals surface area contributed by atoms with Gasteiger partial charge in [-0.2, -0.15) is 0 Å². The van der Waals surface area contributed by atoms with Crippen LogP contribution in [0.5, 0.6) is 0 Å². The van der Waals surface area contributed by atoms with Crippen molar-refractivity contribution in [2.75, 3.05) is 5.32 Å². The maximum Gasteiger partial charge on any atom is 0.229 e. The van der Waals surface area contributed by atoms with Gasteiger partial charge < -0.3 is 15.2 Å². The fourth-order valence-electron chi connectivity index (χ4n) is 3.85. The predicted octanol–water partition coefficient (Wildman–Crippen LogP) is 3.97. The molecule has 0 radical (unpaired) electrons. The van der Waals surface area contributed by atoms with E-state index < -0.39 is 17.8 Å². The van der Waals surface area contributed by atoms with Crippen LogP contribution in [0.25, 0.3) is 22.4 Å². The van der Waals surface area contributed by atoms with E-state index in [1.165, 1.54) is 11.3 Å². The molecule has 0 bridgehead atoms. The highest BCUT2D eigenvalue weighted by molar-refractivity contribution is 7.14. The topological polar surface area (TPSA) is 82.1 Å². The molecule has 5 nitrogen and oxygen atoms in total. The maximum atomic E-state index is 12.6. The van der Waals surface area contributed by atoms with Crippen LogP contribution < -0.4 is 10.4 Å². The van der Waals surface area contributed by atoms with E-state index >= 15 is 0 Å². The molecule has 1 aliphatic carbocycles. The summed E-state index contributed by atoms with van der Waals surface area (Å²) in [6.45, 7) is 0. The number of carbonyl (C=O) groups is 2. The molecule has 3 aromatic rings. The number of hydrogen-bond donors (Lipinski definition) is 1. The second-order valence-electron chi connectivity index (χ2n) is 7.29. The van der Waals surface area contributed by atoms with E-state index in [-0.39, 0.29) is 5.91 Å². The lowest BCUT2D eigenvalue weighted by molar-refractivity contribution is -0.313. The number of benzene rings is 2. The van der Waals surface area contributed by atoms with Gasteiger partial charge in [0.1, 0.15) is 0 Å². The molecule has 1 amide bonds. The van der Waals surface area contributed by atoms with Crippen LogP contribution in [-0.2, 0) is 9.59 Å². The highest BCUT2D eigenvalue weighted by atomic mass is 32.1. The lowest BCUT2D eigenvalue weighted by Gasteiger charge is -2.30. The minimum atomic E-state index is -1.14. The monoisotopic (exact) mass is 405 g/mol. The fourth-order valence-corrected chi connectivity index (χ4v) is 4.58. The van der Waals surface area contributed by atoms with Crippen molar-refractivity contribution in [2.24, 2.45) is 11.8 Å². The Balaban J connectivity index is 1.45. The standard InChI is InChI=1S/C23H22N2O3S/c26-21(18-8-4-5-9-19(18)22(27)28)25-23-24-20(14-29-23)17-12-10-16(11-13-17)15-6-2-1-3-7-15/h1-3,6-7,10-14,18-19H,4-5,8-9H2,(H,27,28)(H,24,25,26)/p-1/t18-,19+/m0/s1. The van der Waals surface area contributed by atoms with Gasteiger partial charge in [-0.3, -0.25) is 4.79 Å². The Labute approximate surface area is 173 Å². The van der Waals surface area contributed by atoms with Gasteiger partial charge in [-0.1, -0.05) is 67.4 Å². The third kappa shape index (κ3) is 4.38. The van der Waals surface area contributed by atoms with Crippen LogP contribution in [0.3, 0.4) is 0 Å². The van der Waals surface area contributed by atoms with E-state index in [0.29, 0.717) is 18.0 Å². The molecule has 2 aromatic carbocycles. The summed E-state index contributed by atoms with van der Waals surface area (Å²) in [6.07, 6.45) is 2.75. The SMILES string of the molecule is O=C(Nc1nc(-c2ccc(-c3ccccc3)cc2)cs1)[C@H]1CCCC[C@H]1C(=O)[O-]. The summed E-state index contributed by atoms with van der Waals surface area (Å²) in [5.41, 5.74) is 4.03. The first-order valence-corrected chi connectivity index (χ1v) is 10.6. The molecule has 1 N–H and O–H groups in total. The largest absolute Gasteiger partial charge is 0.550 e. The maximum absolute atomic E-state index is 12.6. The van der Waals surface area contributed by atoms with E-state index in [9.17, 15) is 14.7 Å². The molecule has 1 fully saturated rings. The number of nitrogens with one attached hydrogen (secondary N) is 1. The quantitative estimate of drug-likeness (QED) is 0.696. The fraction of sp³-hybridized carbons (Fsp3) is 0.261. The lowest BCUT2D eigenvalue weighted by atomic mass is 9.79. The number of thiazole rings is 1. The number of amides is 1. The average molecular weight is 405 g/mol. The number of nitrogens with zero attached hydrogens (tertiary/aromatic N) is 1. The smallest absolute Gasteiger partial charge is 0.229 e. The van der Waals surface area contributed by atoms with Crippen molar-refractivity contribution in [3.63, 3.8) is 0 Å². The van der Waals surface area contributed by atoms with Crippen molar-refractivity contribution in [2.45, 2.75) is 25.7 Å². The third-order valence-corrected chi connectivity index (χ3v) is 6.19. The Morgan fingerprint density at radius 2 is 1.52 bits per heavy atom. The molecular formula is C23H21N2O3S-. The van der Waals surface area contributed by atoms with E-state index in [4.69, 9.17) is 0 Å². The predicted molar refractivity (Wildman–Crippen MR) is 112 cm³/mol. The summed E-state index contributed by atoms with van der Waals surface area (Å²) in [5, 5.41) is 16.5. The highest BCUT2D eigenvalue weighted by Gasteiger charge is 2.32. The van der Waals surface area contributed by atoms with Gasteiger partial charge in [0.05, 0.1) is 5.69 Å². The van der Waals surface area contributed by atoms with Gasteiger partial charge in [0.2, 0.25) is 5.91 Å². The van der Waals surface area contributed by atoms with E-state index in [1.54, 1.807) is 0 Å². The summed E-state index contributed by atoms with van der Waals surface area (Å²) >= 11 is 1.34. The van der Waals surface area contributed by atoms with Crippen molar-refractivity contribution in [1.29, 1.82) is 0 Å². The van der Waals surface area contributed by atoms with Crippen LogP contribution >= 0.6 is 11.3 Å². The van der Waals surface area contributed by atoms with Gasteiger partial charge in [0.15, 0.2) is 5.13 Å². The molecule has 0 aliphatic heterocycles. The first-order valence-electron chi connectivity index (χ1n) is 9.75. The van der Waals surface area contributed by atoms with Crippen LogP contribution in [0, 0.1) is 11.8 Å². The zero-order valence-electron chi connectivity index (χ0n) is 15.8. The summed E-state index contributed by atoms with van der Waals surface area (Å²) in [6, 6.07) is 18.3. The zero-order valence-corrected chi connectivity index (χ0v) is 16.7. The molecule has 1 saturated carbocycles. The average Bonchev–Trinajstić information content (AvgIpc) is 3.23. The third-order valence-electron chi connectivity index (χ3n) is 5.43. The Bertz CT molecular complexity index is 998. The molecule has 0 spiro atoms. The number of rotatable bonds is 5. The summed E-state index contributed by atoms with van der Waals surface area (Å²) in [7, 11) is 0. The van der Waals surface area contributed by atoms with Crippen molar-refractivity contribution in [3.8, 4) is 22.4 Å². The first kappa shape index (κ1) is 19.3. The van der Waals surface area contributed by atoms with Crippen molar-refractivity contribution in [3.05, 3.63) is 60.0 Å². The first-order chi connectivity index (χ1) is 14.1. The number of carboxylic acid groups (broad SMARTS) is 1. The van der Waals surface area contributed by atoms with Crippen LogP contribution in [-0.4, -0.2) is 16.9 Å². The molecule has 4 rings (SSSR count). The van der Waals surface area contributed by atoms with Gasteiger partial charge in [-0.25, -0.2) is 4.98 Å². The summed E-state index contributed by atoms with van der Waals surface area (Å²) in [4.78, 5) is 28.4. The Hall–Kier alpha value is -2.99. The van der Waals surface area contributed by atoms with Crippen LogP contribution in [0.15, 0.2) is 60.0 Å². The van der Waals surface area contributed by atoms with Crippen molar-refractivity contribution >= 4 is 28.3 Å². The number of anilines is 1. The Kier molecular flexibility index (Phi) is 5.71. The second-order valence-corrected chi connectivity index (χ2v) is 8.15. The number of carbonyl (C=O) groups excluding carboxylic acids is 2. The number of aliphatic carboxylic acids is 1. The molecule has 1 heterocycles. The van der Waals surface area contributed by atoms with Gasteiger partial charge in [-0.15, -0.1) is 11.3 Å². The van der Waals surface area contributed by atoms with Gasteiger partial charge in [-0.05, 0) is 24.0 Å². The molecule has 0 saturated heterocycles. The lowest BCUT2D eigenvalue weighted by Crippen LogP contribution is -2.42. The number of aromatic nitrogens is 1. The van der Waals surface area contributed by atoms with Crippen LogP contribution in [0.1, 0.15) is 25.7 Å². The summed E-state index contributed by atoms with van der Waals surface area (Å²) in [5.74, 6) is -2.68. The van der Waals surface area contributed by atoms with Crippen molar-refractivity contribution in [1.82, 2.24) is 4.98 Å². The second kappa shape index (κ2) is 8.57. The number of carboxylic acids is 1. The van der Waals surface area contributed by atoms with Gasteiger partial charge in [0, 0.05) is 28.7 Å². The van der Waals surface area contributed by atoms with E-state index in [2.05, 4.69) is 34.6 Å². The molecule has 148 valence electrons. The molecule has 0 unspecified atom stereocenters. The van der Waals surface area contributed by atoms with Crippen LogP contribution in [0.4, 0.5) is 5.13 Å². The number of hydrogen-bond acceptors (Lipinski definition) is 5. The molecule has 2 atom stereocenters. The van der Waals surface area contributed by atoms with Gasteiger partial charge in [0.25, 0.3) is 0 Å². The Morgan fingerprint density at radius 3 is 2.21 bits per heavy atom. The minimum Gasteiger partial charge on any atom is -0.550 e. The highest BCUT2D eigenvalue weighted by Crippen LogP contribution is 2.32. The molecular weight excluding hydrogens is 384 g/mol. The normalized spacial score (nSPS) is 18.9. The Morgan fingerprint density at radius 1 is 0.897 bits per heavy atom. The zero-order chi connectivity index (χ0) is 20.2. The molecule has 6 heteroatoms. The van der Waals surface area contributed by atoms with E-state index in [1.807, 2.05) is 35.7 Å². The van der Waals surface area contributed by atoms with Crippen molar-refractivity contribution < 1.29 is 14.7 Å². The van der Waals surface area contributed by atoms with Crippen LogP contribution in [0.2, 0.25) is 0 Å². The van der Waals surface area contributed by atoms with E-state index in [0.717, 1.165) is 35.2 Å². The van der Waals surface area contributed by atoms with Gasteiger partial charge >= 0.3 is 0 Å².